The maximum Gasteiger partial charge on any atom is 0.328 e. The van der Waals surface area contributed by atoms with Gasteiger partial charge < -0.3 is 31.9 Å². The monoisotopic (exact) mass is 392 g/mol. The minimum Gasteiger partial charge on any atom is -0.480 e. The highest BCUT2D eigenvalue weighted by atomic mass is 32.1. The molecule has 0 saturated carbocycles. The quantitative estimate of drug-likeness (QED) is 0.207. The number of carboxylic acids is 1. The van der Waals surface area contributed by atoms with E-state index in [0.717, 1.165) is 0 Å². The molecule has 5 unspecified atom stereocenters. The predicted octanol–water partition coefficient (Wildman–Crippen LogP) is -2.16. The van der Waals surface area contributed by atoms with Crippen molar-refractivity contribution in [3.05, 3.63) is 0 Å². The molecule has 0 aliphatic rings. The summed E-state index contributed by atoms with van der Waals surface area (Å²) in [5, 5.41) is 25.6. The van der Waals surface area contributed by atoms with E-state index in [0.29, 0.717) is 0 Å². The van der Waals surface area contributed by atoms with E-state index in [2.05, 4.69) is 28.6 Å². The van der Waals surface area contributed by atoms with Gasteiger partial charge in [-0.3, -0.25) is 14.4 Å². The molecule has 26 heavy (non-hydrogen) atoms. The van der Waals surface area contributed by atoms with Crippen LogP contribution in [0.5, 0.6) is 0 Å². The van der Waals surface area contributed by atoms with Crippen molar-refractivity contribution in [1.29, 1.82) is 0 Å². The summed E-state index contributed by atoms with van der Waals surface area (Å²) in [4.78, 5) is 47.4. The molecule has 10 nitrogen and oxygen atoms in total. The summed E-state index contributed by atoms with van der Waals surface area (Å²) in [7, 11) is 0. The first kappa shape index (κ1) is 24.1. The number of aliphatic hydroxyl groups excluding tert-OH is 1. The number of aliphatic carboxylic acids is 1. The fourth-order valence-electron chi connectivity index (χ4n) is 1.92. The normalized spacial score (nSPS) is 16.8. The summed E-state index contributed by atoms with van der Waals surface area (Å²) < 4.78 is 0. The minimum atomic E-state index is -1.51. The summed E-state index contributed by atoms with van der Waals surface area (Å²) in [6.45, 7) is 5.98. The number of nitrogens with two attached hydrogens (primary N) is 1. The van der Waals surface area contributed by atoms with Gasteiger partial charge >= 0.3 is 5.97 Å². The lowest BCUT2D eigenvalue weighted by Gasteiger charge is -2.27. The highest BCUT2D eigenvalue weighted by Crippen LogP contribution is 2.05. The van der Waals surface area contributed by atoms with Crippen LogP contribution in [0.2, 0.25) is 0 Å². The largest absolute Gasteiger partial charge is 0.480 e. The third-order valence-corrected chi connectivity index (χ3v) is 3.89. The molecule has 0 rings (SSSR count). The van der Waals surface area contributed by atoms with E-state index in [1.807, 2.05) is 0 Å². The first-order valence-corrected chi connectivity index (χ1v) is 8.74. The van der Waals surface area contributed by atoms with Gasteiger partial charge in [0.15, 0.2) is 6.04 Å². The number of carbonyl (C=O) groups excluding carboxylic acids is 3. The minimum absolute atomic E-state index is 0.0256. The number of carbonyl (C=O) groups is 4. The highest BCUT2D eigenvalue weighted by Gasteiger charge is 2.32. The second-order valence-corrected chi connectivity index (χ2v) is 6.69. The van der Waals surface area contributed by atoms with E-state index >= 15 is 0 Å². The van der Waals surface area contributed by atoms with Gasteiger partial charge in [-0.1, -0.05) is 13.8 Å². The van der Waals surface area contributed by atoms with Gasteiger partial charge in [0, 0.05) is 5.75 Å². The van der Waals surface area contributed by atoms with Crippen LogP contribution in [0.3, 0.4) is 0 Å². The van der Waals surface area contributed by atoms with Gasteiger partial charge in [-0.2, -0.15) is 12.6 Å². The van der Waals surface area contributed by atoms with Crippen LogP contribution >= 0.6 is 12.6 Å². The van der Waals surface area contributed by atoms with E-state index in [4.69, 9.17) is 10.8 Å². The lowest BCUT2D eigenvalue weighted by atomic mass is 10.0. The summed E-state index contributed by atoms with van der Waals surface area (Å²) in [6, 6.07) is -4.42. The van der Waals surface area contributed by atoms with Gasteiger partial charge in [0.2, 0.25) is 17.7 Å². The van der Waals surface area contributed by atoms with Crippen LogP contribution in [0.1, 0.15) is 27.7 Å². The van der Waals surface area contributed by atoms with Crippen molar-refractivity contribution >= 4 is 36.3 Å². The number of nitrogens with one attached hydrogen (secondary N) is 3. The van der Waals surface area contributed by atoms with Crippen molar-refractivity contribution in [3.63, 3.8) is 0 Å². The number of thiol groups is 1. The molecule has 7 N–H and O–H groups in total. The molecule has 0 bridgehead atoms. The summed E-state index contributed by atoms with van der Waals surface area (Å²) >= 11 is 4.01. The van der Waals surface area contributed by atoms with Crippen molar-refractivity contribution in [3.8, 4) is 0 Å². The summed E-state index contributed by atoms with van der Waals surface area (Å²) in [5.41, 5.74) is 5.44. The Balaban J connectivity index is 5.14. The molecule has 0 aromatic rings. The highest BCUT2D eigenvalue weighted by molar-refractivity contribution is 7.80. The van der Waals surface area contributed by atoms with Crippen molar-refractivity contribution < 1.29 is 29.4 Å². The first-order valence-electron chi connectivity index (χ1n) is 8.10. The number of hydrogen-bond donors (Lipinski definition) is 7. The summed E-state index contributed by atoms with van der Waals surface area (Å²) in [5.74, 6) is -3.79. The zero-order valence-corrected chi connectivity index (χ0v) is 16.1. The van der Waals surface area contributed by atoms with Gasteiger partial charge in [-0.15, -0.1) is 0 Å². The molecule has 0 aromatic heterocycles. The molecule has 3 amide bonds. The van der Waals surface area contributed by atoms with Gasteiger partial charge in [0.05, 0.1) is 12.1 Å². The number of amides is 3. The van der Waals surface area contributed by atoms with E-state index in [1.54, 1.807) is 13.8 Å². The molecule has 0 spiro atoms. The van der Waals surface area contributed by atoms with Crippen LogP contribution in [0.4, 0.5) is 0 Å². The number of rotatable bonds is 10. The first-order chi connectivity index (χ1) is 11.9. The molecule has 0 heterocycles. The van der Waals surface area contributed by atoms with Crippen LogP contribution in [0.15, 0.2) is 0 Å². The second-order valence-electron chi connectivity index (χ2n) is 6.33. The molecule has 5 atom stereocenters. The SMILES string of the molecule is CC(N)C(=O)NC(CS)C(=O)NC(C(=O)NC(C(=O)O)C(C)O)C(C)C. The lowest BCUT2D eigenvalue weighted by Crippen LogP contribution is -2.59. The number of hydrogen-bond acceptors (Lipinski definition) is 7. The van der Waals surface area contributed by atoms with Crippen LogP contribution in [0.25, 0.3) is 0 Å². The van der Waals surface area contributed by atoms with E-state index in [9.17, 15) is 24.3 Å². The van der Waals surface area contributed by atoms with Crippen LogP contribution in [-0.2, 0) is 19.2 Å². The Labute approximate surface area is 157 Å². The average Bonchev–Trinajstić information content (AvgIpc) is 2.53. The number of aliphatic hydroxyl groups is 1. The Morgan fingerprint density at radius 1 is 0.923 bits per heavy atom. The van der Waals surface area contributed by atoms with Crippen molar-refractivity contribution in [2.45, 2.75) is 58.0 Å². The number of carboxylic acid groups (broad SMARTS) is 1. The second kappa shape index (κ2) is 11.0. The molecular formula is C15H28N4O6S. The van der Waals surface area contributed by atoms with E-state index < -0.39 is 54.0 Å². The Kier molecular flexibility index (Phi) is 10.2. The maximum absolute atomic E-state index is 12.4. The third-order valence-electron chi connectivity index (χ3n) is 3.52. The standard InChI is InChI=1S/C15H28N4O6S/c1-6(2)10(14(23)19-11(8(4)20)15(24)25)18-13(22)9(5-26)17-12(21)7(3)16/h6-11,20,26H,5,16H2,1-4H3,(H,17,21)(H,18,22)(H,19,23)(H,24,25). The zero-order valence-electron chi connectivity index (χ0n) is 15.2. The Hall–Kier alpha value is -1.85. The molecule has 0 aromatic carbocycles. The summed E-state index contributed by atoms with van der Waals surface area (Å²) in [6.07, 6.45) is -1.32. The van der Waals surface area contributed by atoms with E-state index in [1.165, 1.54) is 13.8 Å². The topological polar surface area (TPSA) is 171 Å². The van der Waals surface area contributed by atoms with Crippen LogP contribution in [0, 0.1) is 5.92 Å². The van der Waals surface area contributed by atoms with Crippen molar-refractivity contribution in [2.75, 3.05) is 5.75 Å². The lowest BCUT2D eigenvalue weighted by molar-refractivity contribution is -0.145. The van der Waals surface area contributed by atoms with Gasteiger partial charge in [0.25, 0.3) is 0 Å². The predicted molar refractivity (Wildman–Crippen MR) is 97.4 cm³/mol. The third kappa shape index (κ3) is 7.58. The van der Waals surface area contributed by atoms with Gasteiger partial charge in [0.1, 0.15) is 12.1 Å². The maximum atomic E-state index is 12.4. The van der Waals surface area contributed by atoms with Crippen molar-refractivity contribution in [1.82, 2.24) is 16.0 Å². The zero-order chi connectivity index (χ0) is 20.6. The molecule has 0 aliphatic carbocycles. The molecule has 11 heteroatoms. The Bertz CT molecular complexity index is 526. The molecule has 0 radical (unpaired) electrons. The molecule has 150 valence electrons. The van der Waals surface area contributed by atoms with Crippen molar-refractivity contribution in [2.24, 2.45) is 11.7 Å². The van der Waals surface area contributed by atoms with Gasteiger partial charge in [-0.25, -0.2) is 4.79 Å². The molecule has 0 fully saturated rings. The molecular weight excluding hydrogens is 364 g/mol. The van der Waals surface area contributed by atoms with E-state index in [-0.39, 0.29) is 11.7 Å². The van der Waals surface area contributed by atoms with Gasteiger partial charge in [-0.05, 0) is 19.8 Å². The van der Waals surface area contributed by atoms with Crippen LogP contribution < -0.4 is 21.7 Å². The Morgan fingerprint density at radius 3 is 1.77 bits per heavy atom. The average molecular weight is 392 g/mol. The molecule has 0 aliphatic heterocycles. The fourth-order valence-corrected chi connectivity index (χ4v) is 2.17. The van der Waals surface area contributed by atoms with Crippen LogP contribution in [-0.4, -0.2) is 69.9 Å². The smallest absolute Gasteiger partial charge is 0.328 e. The fraction of sp³-hybridized carbons (Fsp3) is 0.733. The molecule has 0 saturated heterocycles. The Morgan fingerprint density at radius 2 is 1.42 bits per heavy atom.